The number of phenolic OH excluding ortho intramolecular Hbond substituents is 1. The summed E-state index contributed by atoms with van der Waals surface area (Å²) in [5.74, 6) is -0.966. The maximum atomic E-state index is 12.5. The topological polar surface area (TPSA) is 69.6 Å². The summed E-state index contributed by atoms with van der Waals surface area (Å²) < 4.78 is 1.13. The van der Waals surface area contributed by atoms with Crippen LogP contribution in [0.15, 0.2) is 57.9 Å². The van der Waals surface area contributed by atoms with E-state index in [4.69, 9.17) is 12.2 Å². The number of nitrogens with one attached hydrogen (secondary N) is 1. The van der Waals surface area contributed by atoms with E-state index in [1.807, 2.05) is 24.3 Å². The summed E-state index contributed by atoms with van der Waals surface area (Å²) in [7, 11) is 0. The molecule has 2 aromatic carbocycles. The van der Waals surface area contributed by atoms with Gasteiger partial charge in [-0.25, -0.2) is 0 Å². The Labute approximate surface area is 161 Å². The van der Waals surface area contributed by atoms with Crippen LogP contribution in [0.2, 0.25) is 0 Å². The normalized spacial score (nSPS) is 15.7. The number of hydrogen-bond acceptors (Lipinski definition) is 5. The van der Waals surface area contributed by atoms with Gasteiger partial charge in [0.1, 0.15) is 5.75 Å². The van der Waals surface area contributed by atoms with E-state index in [9.17, 15) is 14.7 Å². The lowest BCUT2D eigenvalue weighted by Crippen LogP contribution is -2.44. The van der Waals surface area contributed by atoms with Crippen molar-refractivity contribution in [1.29, 1.82) is 0 Å². The fourth-order valence-corrected chi connectivity index (χ4v) is 3.72. The van der Waals surface area contributed by atoms with Crippen LogP contribution in [0.1, 0.15) is 15.9 Å². The molecular weight excluding hydrogens is 424 g/mol. The number of thiocarbonyl (C=S) groups is 1. The highest BCUT2D eigenvalue weighted by Crippen LogP contribution is 2.31. The lowest BCUT2D eigenvalue weighted by molar-refractivity contribution is -0.123. The summed E-state index contributed by atoms with van der Waals surface area (Å²) in [6, 6.07) is 13.3. The van der Waals surface area contributed by atoms with E-state index in [-0.39, 0.29) is 15.6 Å². The molecule has 1 aliphatic heterocycles. The van der Waals surface area contributed by atoms with Crippen LogP contribution in [0.5, 0.6) is 5.75 Å². The monoisotopic (exact) mass is 434 g/mol. The van der Waals surface area contributed by atoms with Gasteiger partial charge in [-0.15, -0.1) is 0 Å². The number of carbonyl (C=O) groups is 2. The molecule has 0 aliphatic carbocycles. The molecular formula is C17H11BrN2O3S2. The average Bonchev–Trinajstić information content (AvgIpc) is 2.82. The Balaban J connectivity index is 1.78. The fraction of sp³-hybridized carbons (Fsp3) is 0. The minimum Gasteiger partial charge on any atom is -0.508 e. The second kappa shape index (κ2) is 7.38. The largest absolute Gasteiger partial charge is 0.508 e. The van der Waals surface area contributed by atoms with E-state index in [0.29, 0.717) is 4.91 Å². The molecule has 2 amide bonds. The standard InChI is InChI=1S/C17H11BrN2O3S2/c18-12-5-1-3-10(7-12)8-14-16(23)20(17(24)25-14)19-15(22)11-4-2-6-13(21)9-11/h1-9,21H,(H,19,22)/b14-8-. The zero-order valence-electron chi connectivity index (χ0n) is 12.6. The third kappa shape index (κ3) is 4.09. The molecule has 1 saturated heterocycles. The Morgan fingerprint density at radius 1 is 1.24 bits per heavy atom. The zero-order chi connectivity index (χ0) is 18.0. The molecule has 0 unspecified atom stereocenters. The van der Waals surface area contributed by atoms with Crippen molar-refractivity contribution in [2.24, 2.45) is 0 Å². The molecule has 0 bridgehead atoms. The first kappa shape index (κ1) is 17.7. The summed E-state index contributed by atoms with van der Waals surface area (Å²) >= 11 is 9.68. The Kier molecular flexibility index (Phi) is 5.22. The van der Waals surface area contributed by atoms with E-state index >= 15 is 0 Å². The van der Waals surface area contributed by atoms with Crippen molar-refractivity contribution in [1.82, 2.24) is 10.4 Å². The van der Waals surface area contributed by atoms with Crippen LogP contribution in [0.4, 0.5) is 0 Å². The van der Waals surface area contributed by atoms with E-state index in [0.717, 1.165) is 26.8 Å². The summed E-state index contributed by atoms with van der Waals surface area (Å²) in [4.78, 5) is 25.2. The Morgan fingerprint density at radius 2 is 2.00 bits per heavy atom. The first-order valence-corrected chi connectivity index (χ1v) is 9.09. The quantitative estimate of drug-likeness (QED) is 0.569. The van der Waals surface area contributed by atoms with E-state index in [1.54, 1.807) is 12.1 Å². The number of hydrogen-bond donors (Lipinski definition) is 2. The van der Waals surface area contributed by atoms with E-state index in [1.165, 1.54) is 18.2 Å². The van der Waals surface area contributed by atoms with Crippen LogP contribution in [-0.4, -0.2) is 26.3 Å². The van der Waals surface area contributed by atoms with Crippen molar-refractivity contribution in [2.75, 3.05) is 0 Å². The fourth-order valence-electron chi connectivity index (χ4n) is 2.13. The predicted octanol–water partition coefficient (Wildman–Crippen LogP) is 3.70. The lowest BCUT2D eigenvalue weighted by Gasteiger charge is -2.15. The molecule has 1 heterocycles. The minimum absolute atomic E-state index is 0.0346. The van der Waals surface area contributed by atoms with Crippen molar-refractivity contribution in [3.05, 3.63) is 69.0 Å². The summed E-state index contributed by atoms with van der Waals surface area (Å²) in [6.45, 7) is 0. The highest BCUT2D eigenvalue weighted by Gasteiger charge is 2.33. The SMILES string of the molecule is O=C(NN1C(=O)/C(=C/c2cccc(Br)c2)SC1=S)c1cccc(O)c1. The molecule has 2 N–H and O–H groups in total. The molecule has 3 rings (SSSR count). The van der Waals surface area contributed by atoms with Gasteiger partial charge in [0, 0.05) is 10.0 Å². The maximum Gasteiger partial charge on any atom is 0.285 e. The highest BCUT2D eigenvalue weighted by atomic mass is 79.9. The van der Waals surface area contributed by atoms with Crippen LogP contribution < -0.4 is 5.43 Å². The molecule has 0 spiro atoms. The molecule has 0 atom stereocenters. The van der Waals surface area contributed by atoms with Crippen LogP contribution >= 0.6 is 39.9 Å². The van der Waals surface area contributed by atoms with Crippen molar-refractivity contribution in [3.8, 4) is 5.75 Å². The van der Waals surface area contributed by atoms with Gasteiger partial charge in [-0.2, -0.15) is 5.01 Å². The Hall–Kier alpha value is -2.16. The van der Waals surface area contributed by atoms with Gasteiger partial charge in [-0.05, 0) is 54.2 Å². The first-order chi connectivity index (χ1) is 11.9. The summed E-state index contributed by atoms with van der Waals surface area (Å²) in [5, 5.41) is 10.5. The molecule has 1 aliphatic rings. The number of aromatic hydroxyl groups is 1. The number of carbonyl (C=O) groups excluding carboxylic acids is 2. The number of phenols is 1. The number of benzene rings is 2. The van der Waals surface area contributed by atoms with Gasteiger partial charge < -0.3 is 5.11 Å². The van der Waals surface area contributed by atoms with Crippen LogP contribution in [-0.2, 0) is 4.79 Å². The van der Waals surface area contributed by atoms with Gasteiger partial charge in [-0.1, -0.05) is 45.9 Å². The molecule has 1 fully saturated rings. The van der Waals surface area contributed by atoms with Gasteiger partial charge in [0.25, 0.3) is 11.8 Å². The van der Waals surface area contributed by atoms with Gasteiger partial charge in [0.05, 0.1) is 4.91 Å². The van der Waals surface area contributed by atoms with Gasteiger partial charge in [-0.3, -0.25) is 15.0 Å². The smallest absolute Gasteiger partial charge is 0.285 e. The van der Waals surface area contributed by atoms with Crippen LogP contribution in [0, 0.1) is 0 Å². The number of hydrazine groups is 1. The second-order valence-corrected chi connectivity index (χ2v) is 7.65. The van der Waals surface area contributed by atoms with Crippen molar-refractivity contribution >= 4 is 62.1 Å². The third-order valence-corrected chi connectivity index (χ3v) is 5.06. The number of nitrogens with zero attached hydrogens (tertiary/aromatic N) is 1. The Morgan fingerprint density at radius 3 is 2.72 bits per heavy atom. The lowest BCUT2D eigenvalue weighted by atomic mass is 10.2. The van der Waals surface area contributed by atoms with Gasteiger partial charge in [0.2, 0.25) is 0 Å². The van der Waals surface area contributed by atoms with Crippen molar-refractivity contribution in [2.45, 2.75) is 0 Å². The molecule has 0 aromatic heterocycles. The number of amides is 2. The van der Waals surface area contributed by atoms with Crippen LogP contribution in [0.25, 0.3) is 6.08 Å². The Bertz CT molecular complexity index is 914. The molecule has 0 radical (unpaired) electrons. The minimum atomic E-state index is -0.532. The molecule has 8 heteroatoms. The van der Waals surface area contributed by atoms with Crippen molar-refractivity contribution < 1.29 is 14.7 Å². The highest BCUT2D eigenvalue weighted by molar-refractivity contribution is 9.10. The molecule has 25 heavy (non-hydrogen) atoms. The zero-order valence-corrected chi connectivity index (χ0v) is 15.8. The first-order valence-electron chi connectivity index (χ1n) is 7.07. The number of halogens is 1. The molecule has 0 saturated carbocycles. The molecule has 2 aromatic rings. The number of rotatable bonds is 3. The second-order valence-electron chi connectivity index (χ2n) is 5.06. The van der Waals surface area contributed by atoms with Crippen molar-refractivity contribution in [3.63, 3.8) is 0 Å². The maximum absolute atomic E-state index is 12.5. The summed E-state index contributed by atoms with van der Waals surface area (Å²) in [6.07, 6.45) is 1.71. The molecule has 5 nitrogen and oxygen atoms in total. The third-order valence-electron chi connectivity index (χ3n) is 3.26. The number of thioether (sulfide) groups is 1. The molecule has 126 valence electrons. The summed E-state index contributed by atoms with van der Waals surface area (Å²) in [5.41, 5.74) is 3.54. The van der Waals surface area contributed by atoms with E-state index in [2.05, 4.69) is 21.4 Å². The van der Waals surface area contributed by atoms with Crippen LogP contribution in [0.3, 0.4) is 0 Å². The average molecular weight is 435 g/mol. The predicted molar refractivity (Wildman–Crippen MR) is 105 cm³/mol. The van der Waals surface area contributed by atoms with E-state index < -0.39 is 11.8 Å². The van der Waals surface area contributed by atoms with Gasteiger partial charge in [0.15, 0.2) is 4.32 Å². The van der Waals surface area contributed by atoms with Gasteiger partial charge >= 0.3 is 0 Å².